The molecule has 0 spiro atoms. The zero-order chi connectivity index (χ0) is 19.7. The first-order chi connectivity index (χ1) is 13.7. The van der Waals surface area contributed by atoms with Gasteiger partial charge < -0.3 is 0 Å². The monoisotopic (exact) mass is 564 g/mol. The van der Waals surface area contributed by atoms with Crippen molar-refractivity contribution in [3.63, 3.8) is 0 Å². The van der Waals surface area contributed by atoms with Crippen molar-refractivity contribution in [1.82, 2.24) is 0 Å². The van der Waals surface area contributed by atoms with Gasteiger partial charge in [0.15, 0.2) is 0 Å². The van der Waals surface area contributed by atoms with Crippen LogP contribution in [0.3, 0.4) is 0 Å². The number of halogens is 2. The van der Waals surface area contributed by atoms with E-state index in [0.717, 1.165) is 17.9 Å². The summed E-state index contributed by atoms with van der Waals surface area (Å²) in [7, 11) is 0. The molecule has 0 bridgehead atoms. The summed E-state index contributed by atoms with van der Waals surface area (Å²) < 4.78 is -2.63. The van der Waals surface area contributed by atoms with Crippen LogP contribution in [-0.2, 0) is 0 Å². The van der Waals surface area contributed by atoms with E-state index in [2.05, 4.69) is 141 Å². The molecular formula is C25H27BrIP. The molecule has 3 aromatic carbocycles. The molecule has 0 heterocycles. The van der Waals surface area contributed by atoms with Gasteiger partial charge in [0, 0.05) is 0 Å². The van der Waals surface area contributed by atoms with Crippen LogP contribution in [0.1, 0.15) is 19.3 Å². The van der Waals surface area contributed by atoms with E-state index in [-0.39, 0.29) is 0 Å². The second kappa shape index (κ2) is 10.2. The fourth-order valence-corrected chi connectivity index (χ4v) is 12.2. The zero-order valence-electron chi connectivity index (χ0n) is 16.1. The van der Waals surface area contributed by atoms with Crippen molar-refractivity contribution in [2.24, 2.45) is 0 Å². The van der Waals surface area contributed by atoms with Crippen LogP contribution in [0.5, 0.6) is 0 Å². The van der Waals surface area contributed by atoms with Gasteiger partial charge in [-0.25, -0.2) is 0 Å². The molecule has 0 saturated heterocycles. The molecule has 28 heavy (non-hydrogen) atoms. The van der Waals surface area contributed by atoms with Gasteiger partial charge in [-0.2, -0.15) is 0 Å². The maximum atomic E-state index is 3.53. The molecule has 0 amide bonds. The molecule has 0 N–H and O–H groups in total. The molecule has 0 aliphatic rings. The molecule has 0 saturated carbocycles. The first kappa shape index (κ1) is 21.7. The van der Waals surface area contributed by atoms with Gasteiger partial charge in [0.2, 0.25) is 0 Å². The summed E-state index contributed by atoms with van der Waals surface area (Å²) in [5.41, 5.74) is 0. The van der Waals surface area contributed by atoms with Crippen molar-refractivity contribution in [1.29, 1.82) is 0 Å². The van der Waals surface area contributed by atoms with E-state index in [4.69, 9.17) is 0 Å². The third-order valence-electron chi connectivity index (χ3n) is 5.25. The maximum absolute atomic E-state index is 3.53. The molecule has 0 nitrogen and oxygen atoms in total. The predicted molar refractivity (Wildman–Crippen MR) is 141 cm³/mol. The molecular weight excluding hydrogens is 538 g/mol. The summed E-state index contributed by atoms with van der Waals surface area (Å²) in [5.74, 6) is 0. The van der Waals surface area contributed by atoms with Crippen LogP contribution in [0, 0.1) is 0 Å². The Balaban J connectivity index is 2.16. The Morgan fingerprint density at radius 2 is 1.07 bits per heavy atom. The van der Waals surface area contributed by atoms with Crippen LogP contribution in [0.15, 0.2) is 103 Å². The number of benzene rings is 3. The van der Waals surface area contributed by atoms with E-state index < -0.39 is 4.25 Å². The van der Waals surface area contributed by atoms with Gasteiger partial charge in [0.1, 0.15) is 0 Å². The van der Waals surface area contributed by atoms with Crippen molar-refractivity contribution in [2.45, 2.75) is 19.3 Å². The van der Waals surface area contributed by atoms with Crippen LogP contribution in [0.2, 0.25) is 0 Å². The summed E-state index contributed by atoms with van der Waals surface area (Å²) in [5, 5.41) is 5.41. The molecule has 3 aromatic rings. The average molecular weight is 565 g/mol. The molecule has 0 aliphatic carbocycles. The molecule has 0 unspecified atom stereocenters. The van der Waals surface area contributed by atoms with Gasteiger partial charge in [0.05, 0.1) is 0 Å². The Morgan fingerprint density at radius 3 is 1.46 bits per heavy atom. The van der Waals surface area contributed by atoms with Gasteiger partial charge in [-0.3, -0.25) is 0 Å². The van der Waals surface area contributed by atoms with E-state index in [1.54, 1.807) is 0 Å². The predicted octanol–water partition coefficient (Wildman–Crippen LogP) is 6.99. The second-order valence-electron chi connectivity index (χ2n) is 7.03. The fourth-order valence-electron chi connectivity index (χ4n) is 3.73. The van der Waals surface area contributed by atoms with Crippen LogP contribution in [-0.4, -0.2) is 11.5 Å². The van der Waals surface area contributed by atoms with Gasteiger partial charge >= 0.3 is 192 Å². The van der Waals surface area contributed by atoms with Gasteiger partial charge in [0.25, 0.3) is 0 Å². The Morgan fingerprint density at radius 1 is 0.643 bits per heavy atom. The van der Waals surface area contributed by atoms with Crippen LogP contribution >= 0.6 is 42.2 Å². The Hall–Kier alpha value is -0.960. The summed E-state index contributed by atoms with van der Waals surface area (Å²) >= 11 is 6.38. The number of unbranched alkanes of at least 4 members (excludes halogenated alkanes) is 2. The number of hydrogen-bond acceptors (Lipinski definition) is 0. The van der Waals surface area contributed by atoms with E-state index in [1.807, 2.05) is 0 Å². The van der Waals surface area contributed by atoms with Crippen LogP contribution in [0.4, 0.5) is 0 Å². The molecule has 0 fully saturated rings. The quantitative estimate of drug-likeness (QED) is 0.0864. The van der Waals surface area contributed by atoms with E-state index in [9.17, 15) is 0 Å². The average Bonchev–Trinajstić information content (AvgIpc) is 2.78. The summed E-state index contributed by atoms with van der Waals surface area (Å²) in [4.78, 5) is 0. The minimum absolute atomic E-state index is 1.04. The van der Waals surface area contributed by atoms with Crippen LogP contribution in [0.25, 0.3) is 0 Å². The van der Waals surface area contributed by atoms with Crippen molar-refractivity contribution >= 4 is 58.1 Å². The van der Waals surface area contributed by atoms with Crippen LogP contribution < -0.4 is 15.9 Å². The first-order valence-corrected chi connectivity index (χ1v) is 16.1. The van der Waals surface area contributed by atoms with Crippen molar-refractivity contribution in [2.75, 3.05) is 11.5 Å². The summed E-state index contributed by atoms with van der Waals surface area (Å²) in [6.07, 6.45) is 9.48. The van der Waals surface area contributed by atoms with Crippen molar-refractivity contribution in [3.8, 4) is 0 Å². The van der Waals surface area contributed by atoms with Gasteiger partial charge in [-0.05, 0) is 0 Å². The first-order valence-electron chi connectivity index (χ1n) is 9.81. The SMILES string of the molecule is BrCCCCC=CCP(I)(c1ccccc1)(c1ccccc1)c1ccccc1. The number of hydrogen-bond donors (Lipinski definition) is 0. The minimum atomic E-state index is -2.63. The molecule has 0 aliphatic heterocycles. The van der Waals surface area contributed by atoms with E-state index in [0.29, 0.717) is 0 Å². The Kier molecular flexibility index (Phi) is 7.91. The molecule has 3 rings (SSSR count). The van der Waals surface area contributed by atoms with E-state index >= 15 is 0 Å². The molecule has 0 aromatic heterocycles. The molecule has 0 atom stereocenters. The molecule has 0 radical (unpaired) electrons. The molecule has 146 valence electrons. The van der Waals surface area contributed by atoms with Crippen molar-refractivity contribution in [3.05, 3.63) is 103 Å². The third-order valence-corrected chi connectivity index (χ3v) is 17.0. The van der Waals surface area contributed by atoms with Gasteiger partial charge in [-0.1, -0.05) is 0 Å². The zero-order valence-corrected chi connectivity index (χ0v) is 20.7. The summed E-state index contributed by atoms with van der Waals surface area (Å²) in [6, 6.07) is 33.4. The molecule has 3 heteroatoms. The standard InChI is InChI=1S/C25H27BrIP/c26-21-13-2-1-3-14-22-28(27,23-15-7-4-8-16-23,24-17-9-5-10-18-24)25-19-11-6-12-20-25/h3-12,14-20H,1-2,13,21-22H2. The van der Waals surface area contributed by atoms with E-state index in [1.165, 1.54) is 28.8 Å². The normalized spacial score (nSPS) is 13.3. The number of alkyl halides is 1. The fraction of sp³-hybridized carbons (Fsp3) is 0.200. The van der Waals surface area contributed by atoms with Crippen molar-refractivity contribution < 1.29 is 0 Å². The topological polar surface area (TPSA) is 0 Å². The van der Waals surface area contributed by atoms with Gasteiger partial charge in [-0.15, -0.1) is 0 Å². The summed E-state index contributed by atoms with van der Waals surface area (Å²) in [6.45, 7) is 0. The third kappa shape index (κ3) is 4.45. The number of allylic oxidation sites excluding steroid dienone is 2. The second-order valence-corrected chi connectivity index (χ2v) is 18.5. The number of rotatable bonds is 9. The Labute approximate surface area is 191 Å². The Bertz CT molecular complexity index is 779.